The highest BCUT2D eigenvalue weighted by Crippen LogP contribution is 2.20. The third-order valence-electron chi connectivity index (χ3n) is 3.83. The summed E-state index contributed by atoms with van der Waals surface area (Å²) in [6.45, 7) is 2.18. The predicted octanol–water partition coefficient (Wildman–Crippen LogP) is 5.19. The number of ether oxygens (including phenoxy) is 1. The van der Waals surface area contributed by atoms with Gasteiger partial charge in [0.1, 0.15) is 0 Å². The number of aliphatic hydroxyl groups is 1. The van der Waals surface area contributed by atoms with Crippen LogP contribution in [0.4, 0.5) is 8.78 Å². The summed E-state index contributed by atoms with van der Waals surface area (Å²) in [4.78, 5) is 10.9. The number of rotatable bonds is 13. The zero-order valence-electron chi connectivity index (χ0n) is 16.0. The molecule has 0 aliphatic heterocycles. The molecule has 5 heteroatoms. The van der Waals surface area contributed by atoms with E-state index in [-0.39, 0.29) is 12.8 Å². The molecule has 0 aromatic carbocycles. The van der Waals surface area contributed by atoms with Crippen LogP contribution in [0.15, 0.2) is 24.3 Å². The summed E-state index contributed by atoms with van der Waals surface area (Å²) in [7, 11) is 1.23. The summed E-state index contributed by atoms with van der Waals surface area (Å²) < 4.78 is 31.3. The Bertz CT molecular complexity index is 487. The van der Waals surface area contributed by atoms with Gasteiger partial charge in [0.2, 0.25) is 0 Å². The summed E-state index contributed by atoms with van der Waals surface area (Å²) in [5.74, 6) is 0.545. The maximum Gasteiger partial charge on any atom is 0.308 e. The lowest BCUT2D eigenvalue weighted by Gasteiger charge is -2.07. The van der Waals surface area contributed by atoms with Crippen molar-refractivity contribution >= 4 is 5.97 Å². The first kappa shape index (κ1) is 24.3. The van der Waals surface area contributed by atoms with Crippen LogP contribution in [0.1, 0.15) is 71.1 Å². The highest BCUT2D eigenvalue weighted by Gasteiger charge is 2.25. The minimum atomic E-state index is -3.13. The highest BCUT2D eigenvalue weighted by molar-refractivity contribution is 5.69. The molecule has 148 valence electrons. The fourth-order valence-electron chi connectivity index (χ4n) is 2.29. The number of unbranched alkanes of at least 4 members (excludes halogenated alkanes) is 5. The van der Waals surface area contributed by atoms with E-state index >= 15 is 0 Å². The van der Waals surface area contributed by atoms with Crippen LogP contribution >= 0.6 is 0 Å². The van der Waals surface area contributed by atoms with E-state index in [4.69, 9.17) is 0 Å². The molecule has 0 heterocycles. The molecule has 0 aliphatic carbocycles. The van der Waals surface area contributed by atoms with E-state index < -0.39 is 24.4 Å². The molecule has 0 aromatic heterocycles. The van der Waals surface area contributed by atoms with Gasteiger partial charge in [-0.05, 0) is 24.8 Å². The fraction of sp³-hybridized carbons (Fsp3) is 0.667. The van der Waals surface area contributed by atoms with Gasteiger partial charge in [0, 0.05) is 12.8 Å². The van der Waals surface area contributed by atoms with Crippen molar-refractivity contribution in [3.05, 3.63) is 24.3 Å². The van der Waals surface area contributed by atoms with E-state index in [0.717, 1.165) is 12.8 Å². The van der Waals surface area contributed by atoms with Gasteiger partial charge in [-0.3, -0.25) is 4.79 Å². The van der Waals surface area contributed by atoms with E-state index in [2.05, 4.69) is 17.6 Å². The Morgan fingerprint density at radius 2 is 1.85 bits per heavy atom. The van der Waals surface area contributed by atoms with Crippen molar-refractivity contribution < 1.29 is 23.4 Å². The monoisotopic (exact) mass is 370 g/mol. The van der Waals surface area contributed by atoms with Gasteiger partial charge in [-0.1, -0.05) is 69.6 Å². The molecule has 0 bridgehead atoms. The van der Waals surface area contributed by atoms with Crippen LogP contribution in [0.25, 0.3) is 0 Å². The maximum atomic E-state index is 13.4. The Morgan fingerprint density at radius 3 is 2.54 bits per heavy atom. The van der Waals surface area contributed by atoms with Crippen molar-refractivity contribution in [3.63, 3.8) is 0 Å². The van der Waals surface area contributed by atoms with E-state index in [0.29, 0.717) is 6.42 Å². The van der Waals surface area contributed by atoms with Crippen LogP contribution in [0.3, 0.4) is 0 Å². The number of carbonyl (C=O) groups excluding carboxylic acids is 1. The molecule has 0 amide bonds. The number of methoxy groups -OCH3 is 1. The quantitative estimate of drug-likeness (QED) is 0.210. The van der Waals surface area contributed by atoms with Gasteiger partial charge < -0.3 is 9.84 Å². The number of carbonyl (C=O) groups is 1. The summed E-state index contributed by atoms with van der Waals surface area (Å²) in [5.41, 5.74) is 0. The van der Waals surface area contributed by atoms with E-state index in [1.807, 2.05) is 5.92 Å². The van der Waals surface area contributed by atoms with Crippen LogP contribution in [-0.2, 0) is 9.53 Å². The molecular formula is C21H32F2O3. The molecule has 3 nitrogen and oxygen atoms in total. The number of halogens is 2. The minimum Gasteiger partial charge on any atom is -0.469 e. The number of alkyl halides is 2. The van der Waals surface area contributed by atoms with Gasteiger partial charge in [-0.25, -0.2) is 0 Å². The first-order valence-electron chi connectivity index (χ1n) is 9.40. The number of allylic oxidation sites excluding steroid dienone is 3. The fourth-order valence-corrected chi connectivity index (χ4v) is 2.29. The van der Waals surface area contributed by atoms with Gasteiger partial charge in [0.05, 0.1) is 13.2 Å². The van der Waals surface area contributed by atoms with Crippen LogP contribution in [0.2, 0.25) is 0 Å². The molecule has 1 N–H and O–H groups in total. The lowest BCUT2D eigenvalue weighted by Crippen LogP contribution is -2.13. The van der Waals surface area contributed by atoms with Crippen molar-refractivity contribution in [1.29, 1.82) is 0 Å². The molecule has 0 rings (SSSR count). The second-order valence-corrected chi connectivity index (χ2v) is 6.27. The molecule has 0 unspecified atom stereocenters. The van der Waals surface area contributed by atoms with Crippen LogP contribution in [0, 0.1) is 11.8 Å². The van der Waals surface area contributed by atoms with Crippen molar-refractivity contribution in [2.24, 2.45) is 0 Å². The van der Waals surface area contributed by atoms with E-state index in [1.54, 1.807) is 12.2 Å². The Hall–Kier alpha value is -1.67. The molecule has 26 heavy (non-hydrogen) atoms. The standard InChI is InChI=1S/C21H32F2O3/c1-3-4-5-6-7-10-14-19(24)15-11-8-9-12-17-21(22,23)18-13-16-20(25)26-2/h8-9,11,15,19,24H,3-7,10,13-14,16,18H2,1-2H3/b9-8+,15-11+/t19-/m1/s1. The van der Waals surface area contributed by atoms with Crippen molar-refractivity contribution in [2.45, 2.75) is 83.2 Å². The third kappa shape index (κ3) is 15.8. The summed E-state index contributed by atoms with van der Waals surface area (Å²) in [5, 5.41) is 9.79. The van der Waals surface area contributed by atoms with Gasteiger partial charge in [-0.2, -0.15) is 8.78 Å². The van der Waals surface area contributed by atoms with Crippen molar-refractivity contribution in [1.82, 2.24) is 0 Å². The highest BCUT2D eigenvalue weighted by atomic mass is 19.3. The van der Waals surface area contributed by atoms with Gasteiger partial charge >= 0.3 is 11.9 Å². The zero-order chi connectivity index (χ0) is 19.7. The lowest BCUT2D eigenvalue weighted by atomic mass is 10.1. The minimum absolute atomic E-state index is 0.0304. The Kier molecular flexibility index (Phi) is 14.6. The average Bonchev–Trinajstić information content (AvgIpc) is 2.60. The normalized spacial score (nSPS) is 13.0. The largest absolute Gasteiger partial charge is 0.469 e. The van der Waals surface area contributed by atoms with Crippen molar-refractivity contribution in [2.75, 3.05) is 7.11 Å². The maximum absolute atomic E-state index is 13.4. The zero-order valence-corrected chi connectivity index (χ0v) is 16.0. The SMILES string of the molecule is CCCCCCCC[C@@H](O)/C=C/C=C/C#CC(F)(F)CCCC(=O)OC. The Morgan fingerprint density at radius 1 is 1.15 bits per heavy atom. The van der Waals surface area contributed by atoms with Crippen LogP contribution in [0.5, 0.6) is 0 Å². The Labute approximate surface area is 156 Å². The molecule has 0 radical (unpaired) electrons. The first-order chi connectivity index (χ1) is 12.4. The number of hydrogen-bond acceptors (Lipinski definition) is 3. The second kappa shape index (κ2) is 15.6. The van der Waals surface area contributed by atoms with Gasteiger partial charge in [0.15, 0.2) is 0 Å². The summed E-state index contributed by atoms with van der Waals surface area (Å²) >= 11 is 0. The number of esters is 1. The summed E-state index contributed by atoms with van der Waals surface area (Å²) in [6, 6.07) is 0. The molecule has 0 aliphatic rings. The number of aliphatic hydroxyl groups excluding tert-OH is 1. The molecule has 1 atom stereocenters. The first-order valence-corrected chi connectivity index (χ1v) is 9.40. The predicted molar refractivity (Wildman–Crippen MR) is 101 cm³/mol. The second-order valence-electron chi connectivity index (χ2n) is 6.27. The molecule has 0 aromatic rings. The van der Waals surface area contributed by atoms with E-state index in [1.165, 1.54) is 44.9 Å². The molecule has 0 fully saturated rings. The molecular weight excluding hydrogens is 338 g/mol. The Balaban J connectivity index is 3.97. The molecule has 0 saturated carbocycles. The van der Waals surface area contributed by atoms with Crippen molar-refractivity contribution in [3.8, 4) is 11.8 Å². The lowest BCUT2D eigenvalue weighted by molar-refractivity contribution is -0.140. The topological polar surface area (TPSA) is 46.5 Å². The average molecular weight is 370 g/mol. The van der Waals surface area contributed by atoms with Crippen LogP contribution < -0.4 is 0 Å². The molecule has 0 saturated heterocycles. The van der Waals surface area contributed by atoms with Crippen LogP contribution in [-0.4, -0.2) is 30.2 Å². The molecule has 0 spiro atoms. The number of hydrogen-bond donors (Lipinski definition) is 1. The smallest absolute Gasteiger partial charge is 0.308 e. The van der Waals surface area contributed by atoms with E-state index in [9.17, 15) is 18.7 Å². The van der Waals surface area contributed by atoms with Gasteiger partial charge in [-0.15, -0.1) is 0 Å². The summed E-state index contributed by atoms with van der Waals surface area (Å²) in [6.07, 6.45) is 12.9. The third-order valence-corrected chi connectivity index (χ3v) is 3.83. The van der Waals surface area contributed by atoms with Gasteiger partial charge in [0.25, 0.3) is 0 Å².